The predicted octanol–water partition coefficient (Wildman–Crippen LogP) is 1.72. The molecule has 0 saturated carbocycles. The summed E-state index contributed by atoms with van der Waals surface area (Å²) in [5, 5.41) is 14.8. The molecule has 0 unspecified atom stereocenters. The number of methoxy groups -OCH3 is 3. The molecule has 1 aromatic carbocycles. The highest BCUT2D eigenvalue weighted by Gasteiger charge is 2.13. The van der Waals surface area contributed by atoms with Crippen molar-refractivity contribution >= 4 is 5.95 Å². The summed E-state index contributed by atoms with van der Waals surface area (Å²) in [6, 6.07) is 3.78. The molecule has 0 aliphatic rings. The van der Waals surface area contributed by atoms with E-state index in [1.54, 1.807) is 26.0 Å². The zero-order chi connectivity index (χ0) is 15.9. The molecule has 0 atom stereocenters. The Kier molecular flexibility index (Phi) is 5.40. The maximum Gasteiger partial charge on any atom is 0.243 e. The summed E-state index contributed by atoms with van der Waals surface area (Å²) in [5.41, 5.74) is 0.973. The van der Waals surface area contributed by atoms with Crippen molar-refractivity contribution in [2.75, 3.05) is 26.6 Å². The number of hydrogen-bond acceptors (Lipinski definition) is 7. The Labute approximate surface area is 129 Å². The predicted molar refractivity (Wildman–Crippen MR) is 81.5 cm³/mol. The van der Waals surface area contributed by atoms with Crippen LogP contribution in [0.4, 0.5) is 5.95 Å². The van der Waals surface area contributed by atoms with E-state index in [1.807, 2.05) is 12.1 Å². The highest BCUT2D eigenvalue weighted by atomic mass is 16.5. The highest BCUT2D eigenvalue weighted by Crippen LogP contribution is 2.38. The van der Waals surface area contributed by atoms with Gasteiger partial charge in [0, 0.05) is 13.1 Å². The summed E-state index contributed by atoms with van der Waals surface area (Å²) in [6.45, 7) is 3.38. The van der Waals surface area contributed by atoms with E-state index < -0.39 is 0 Å². The molecule has 8 nitrogen and oxygen atoms in total. The fraction of sp³-hybridized carbons (Fsp3) is 0.500. The van der Waals surface area contributed by atoms with Crippen LogP contribution in [0.25, 0.3) is 0 Å². The van der Waals surface area contributed by atoms with Gasteiger partial charge < -0.3 is 19.5 Å². The average molecular weight is 307 g/mol. The lowest BCUT2D eigenvalue weighted by atomic mass is 10.2. The lowest BCUT2D eigenvalue weighted by Crippen LogP contribution is -2.09. The molecule has 0 bridgehead atoms. The zero-order valence-electron chi connectivity index (χ0n) is 13.3. The molecular weight excluding hydrogens is 286 g/mol. The first-order valence-electron chi connectivity index (χ1n) is 7.02. The third kappa shape index (κ3) is 3.38. The van der Waals surface area contributed by atoms with Gasteiger partial charge in [-0.1, -0.05) is 12.0 Å². The second-order valence-electron chi connectivity index (χ2n) is 4.61. The van der Waals surface area contributed by atoms with Crippen LogP contribution >= 0.6 is 0 Å². The van der Waals surface area contributed by atoms with E-state index in [0.29, 0.717) is 29.7 Å². The van der Waals surface area contributed by atoms with Gasteiger partial charge in [-0.05, 0) is 34.5 Å². The van der Waals surface area contributed by atoms with Crippen LogP contribution in [0.2, 0.25) is 0 Å². The molecule has 0 spiro atoms. The molecule has 1 N–H and O–H groups in total. The molecule has 0 aliphatic heterocycles. The fourth-order valence-electron chi connectivity index (χ4n) is 2.11. The third-order valence-corrected chi connectivity index (χ3v) is 3.14. The summed E-state index contributed by atoms with van der Waals surface area (Å²) in [7, 11) is 4.77. The molecule has 0 radical (unpaired) electrons. The van der Waals surface area contributed by atoms with Crippen LogP contribution in [0.1, 0.15) is 18.9 Å². The third-order valence-electron chi connectivity index (χ3n) is 3.14. The van der Waals surface area contributed by atoms with Crippen molar-refractivity contribution in [1.29, 1.82) is 0 Å². The van der Waals surface area contributed by atoms with Crippen molar-refractivity contribution in [3.05, 3.63) is 17.7 Å². The molecular formula is C14H21N5O3. The van der Waals surface area contributed by atoms with Crippen LogP contribution in [0.3, 0.4) is 0 Å². The van der Waals surface area contributed by atoms with Gasteiger partial charge in [0.2, 0.25) is 11.7 Å². The molecule has 1 heterocycles. The maximum atomic E-state index is 5.34. The van der Waals surface area contributed by atoms with E-state index in [-0.39, 0.29) is 0 Å². The SMILES string of the molecule is CCCn1nnnc1NCc1cc(OC)c(OC)c(OC)c1. The van der Waals surface area contributed by atoms with Crippen molar-refractivity contribution in [3.8, 4) is 17.2 Å². The number of rotatable bonds is 8. The average Bonchev–Trinajstić information content (AvgIpc) is 2.99. The zero-order valence-corrected chi connectivity index (χ0v) is 13.3. The standard InChI is InChI=1S/C14H21N5O3/c1-5-6-19-14(16-17-18-19)15-9-10-7-11(20-2)13(22-4)12(8-10)21-3/h7-8H,5-6,9H2,1-4H3,(H,15,16,18). The summed E-state index contributed by atoms with van der Waals surface area (Å²) >= 11 is 0. The highest BCUT2D eigenvalue weighted by molar-refractivity contribution is 5.54. The van der Waals surface area contributed by atoms with Gasteiger partial charge in [-0.3, -0.25) is 0 Å². The normalized spacial score (nSPS) is 10.4. The lowest BCUT2D eigenvalue weighted by Gasteiger charge is -2.14. The summed E-state index contributed by atoms with van der Waals surface area (Å²) in [6.07, 6.45) is 0.962. The minimum absolute atomic E-state index is 0.542. The Balaban J connectivity index is 2.17. The largest absolute Gasteiger partial charge is 0.493 e. The van der Waals surface area contributed by atoms with E-state index in [2.05, 4.69) is 27.8 Å². The second-order valence-corrected chi connectivity index (χ2v) is 4.61. The molecule has 8 heteroatoms. The molecule has 2 rings (SSSR count). The number of aryl methyl sites for hydroxylation is 1. The van der Waals surface area contributed by atoms with Gasteiger partial charge in [-0.2, -0.15) is 0 Å². The summed E-state index contributed by atoms with van der Waals surface area (Å²) in [4.78, 5) is 0. The van der Waals surface area contributed by atoms with Crippen LogP contribution in [-0.4, -0.2) is 41.5 Å². The van der Waals surface area contributed by atoms with Crippen LogP contribution < -0.4 is 19.5 Å². The van der Waals surface area contributed by atoms with Gasteiger partial charge in [-0.15, -0.1) is 0 Å². The Morgan fingerprint density at radius 2 is 1.77 bits per heavy atom. The maximum absolute atomic E-state index is 5.34. The van der Waals surface area contributed by atoms with Crippen LogP contribution in [-0.2, 0) is 13.1 Å². The Morgan fingerprint density at radius 3 is 2.32 bits per heavy atom. The Bertz CT molecular complexity index is 589. The first-order chi connectivity index (χ1) is 10.7. The van der Waals surface area contributed by atoms with E-state index in [9.17, 15) is 0 Å². The van der Waals surface area contributed by atoms with Gasteiger partial charge in [0.05, 0.1) is 21.3 Å². The van der Waals surface area contributed by atoms with Gasteiger partial charge >= 0.3 is 0 Å². The molecule has 0 saturated heterocycles. The fourth-order valence-corrected chi connectivity index (χ4v) is 2.11. The molecule has 2 aromatic rings. The van der Waals surface area contributed by atoms with E-state index in [4.69, 9.17) is 14.2 Å². The van der Waals surface area contributed by atoms with Gasteiger partial charge in [0.15, 0.2) is 11.5 Å². The number of nitrogens with zero attached hydrogens (tertiary/aromatic N) is 4. The molecule has 0 aliphatic carbocycles. The number of hydrogen-bond donors (Lipinski definition) is 1. The van der Waals surface area contributed by atoms with Gasteiger partial charge in [0.1, 0.15) is 0 Å². The first-order valence-corrected chi connectivity index (χ1v) is 7.02. The first kappa shape index (κ1) is 15.9. The monoisotopic (exact) mass is 307 g/mol. The van der Waals surface area contributed by atoms with Crippen molar-refractivity contribution in [3.63, 3.8) is 0 Å². The lowest BCUT2D eigenvalue weighted by molar-refractivity contribution is 0.324. The summed E-state index contributed by atoms with van der Waals surface area (Å²) < 4.78 is 17.7. The Morgan fingerprint density at radius 1 is 1.09 bits per heavy atom. The van der Waals surface area contributed by atoms with Crippen LogP contribution in [0.5, 0.6) is 17.2 Å². The van der Waals surface area contributed by atoms with Crippen LogP contribution in [0, 0.1) is 0 Å². The van der Waals surface area contributed by atoms with Gasteiger partial charge in [0.25, 0.3) is 0 Å². The quantitative estimate of drug-likeness (QED) is 0.795. The smallest absolute Gasteiger partial charge is 0.243 e. The summed E-state index contributed by atoms with van der Waals surface area (Å²) in [5.74, 6) is 2.44. The van der Waals surface area contributed by atoms with E-state index in [0.717, 1.165) is 18.5 Å². The van der Waals surface area contributed by atoms with Crippen molar-refractivity contribution in [2.24, 2.45) is 0 Å². The molecule has 0 amide bonds. The van der Waals surface area contributed by atoms with E-state index >= 15 is 0 Å². The second kappa shape index (κ2) is 7.48. The van der Waals surface area contributed by atoms with Gasteiger partial charge in [-0.25, -0.2) is 4.68 Å². The van der Waals surface area contributed by atoms with Crippen molar-refractivity contribution < 1.29 is 14.2 Å². The Hall–Kier alpha value is -2.51. The topological polar surface area (TPSA) is 83.3 Å². The van der Waals surface area contributed by atoms with Crippen molar-refractivity contribution in [1.82, 2.24) is 20.2 Å². The number of nitrogens with one attached hydrogen (secondary N) is 1. The van der Waals surface area contributed by atoms with E-state index in [1.165, 1.54) is 0 Å². The molecule has 0 fully saturated rings. The minimum Gasteiger partial charge on any atom is -0.493 e. The number of benzene rings is 1. The molecule has 1 aromatic heterocycles. The number of tetrazole rings is 1. The number of aromatic nitrogens is 4. The van der Waals surface area contributed by atoms with Crippen LogP contribution in [0.15, 0.2) is 12.1 Å². The molecule has 120 valence electrons. The molecule has 22 heavy (non-hydrogen) atoms. The van der Waals surface area contributed by atoms with Crippen molar-refractivity contribution in [2.45, 2.75) is 26.4 Å². The minimum atomic E-state index is 0.542. The number of ether oxygens (including phenoxy) is 3. The number of anilines is 1.